The molecule has 0 fully saturated rings. The molecule has 0 spiro atoms. The number of hydrogen-bond acceptors (Lipinski definition) is 5. The minimum atomic E-state index is -0.0995. The number of methoxy groups -OCH3 is 1. The second kappa shape index (κ2) is 7.63. The molecule has 0 saturated heterocycles. The fraction of sp³-hybridized carbons (Fsp3) is 0.136. The second-order valence-corrected chi connectivity index (χ2v) is 6.66. The Bertz CT molecular complexity index is 1180. The molecule has 146 valence electrons. The number of aromatic nitrogens is 3. The van der Waals surface area contributed by atoms with Crippen molar-refractivity contribution >= 4 is 28.7 Å². The molecule has 4 aromatic rings. The summed E-state index contributed by atoms with van der Waals surface area (Å²) in [4.78, 5) is 15.9. The maximum Gasteiger partial charge on any atom is 0.221 e. The summed E-state index contributed by atoms with van der Waals surface area (Å²) in [6.07, 6.45) is 1.80. The van der Waals surface area contributed by atoms with Crippen LogP contribution in [0.1, 0.15) is 12.6 Å². The minimum Gasteiger partial charge on any atom is -0.496 e. The fourth-order valence-electron chi connectivity index (χ4n) is 3.22. The summed E-state index contributed by atoms with van der Waals surface area (Å²) in [5, 5.41) is 10.7. The molecule has 0 aliphatic heterocycles. The largest absolute Gasteiger partial charge is 0.496 e. The molecule has 0 radical (unpaired) electrons. The fourth-order valence-corrected chi connectivity index (χ4v) is 3.22. The van der Waals surface area contributed by atoms with Gasteiger partial charge < -0.3 is 15.4 Å². The number of para-hydroxylation sites is 1. The van der Waals surface area contributed by atoms with Gasteiger partial charge in [0, 0.05) is 35.6 Å². The van der Waals surface area contributed by atoms with Crippen molar-refractivity contribution in [3.8, 4) is 16.9 Å². The lowest BCUT2D eigenvalue weighted by Gasteiger charge is -2.11. The van der Waals surface area contributed by atoms with Crippen molar-refractivity contribution in [3.05, 3.63) is 66.5 Å². The average Bonchev–Trinajstić information content (AvgIpc) is 3.12. The van der Waals surface area contributed by atoms with E-state index in [0.29, 0.717) is 0 Å². The Labute approximate surface area is 168 Å². The van der Waals surface area contributed by atoms with Gasteiger partial charge in [0.1, 0.15) is 11.6 Å². The molecule has 0 aliphatic carbocycles. The number of ether oxygens (including phenoxy) is 1. The molecule has 0 bridgehead atoms. The summed E-state index contributed by atoms with van der Waals surface area (Å²) in [6, 6.07) is 17.2. The molecule has 7 nitrogen and oxygen atoms in total. The summed E-state index contributed by atoms with van der Waals surface area (Å²) < 4.78 is 7.28. The predicted octanol–water partition coefficient (Wildman–Crippen LogP) is 4.42. The van der Waals surface area contributed by atoms with E-state index in [4.69, 9.17) is 9.72 Å². The molecule has 0 saturated carbocycles. The van der Waals surface area contributed by atoms with Gasteiger partial charge in [-0.2, -0.15) is 9.61 Å². The topological polar surface area (TPSA) is 80.5 Å². The van der Waals surface area contributed by atoms with Gasteiger partial charge in [-0.3, -0.25) is 4.79 Å². The third-order valence-corrected chi connectivity index (χ3v) is 4.47. The Morgan fingerprint density at radius 3 is 2.48 bits per heavy atom. The molecular formula is C22H21N5O2. The molecule has 29 heavy (non-hydrogen) atoms. The number of fused-ring (bicyclic) bond motifs is 1. The Kier molecular flexibility index (Phi) is 4.87. The van der Waals surface area contributed by atoms with Crippen molar-refractivity contribution in [1.29, 1.82) is 0 Å². The molecule has 2 aromatic carbocycles. The van der Waals surface area contributed by atoms with Crippen molar-refractivity contribution in [1.82, 2.24) is 14.6 Å². The third-order valence-electron chi connectivity index (χ3n) is 4.47. The smallest absolute Gasteiger partial charge is 0.221 e. The van der Waals surface area contributed by atoms with E-state index >= 15 is 0 Å². The molecular weight excluding hydrogens is 366 g/mol. The van der Waals surface area contributed by atoms with Crippen molar-refractivity contribution in [2.24, 2.45) is 0 Å². The second-order valence-electron chi connectivity index (χ2n) is 6.66. The van der Waals surface area contributed by atoms with Gasteiger partial charge in [-0.25, -0.2) is 4.98 Å². The summed E-state index contributed by atoms with van der Waals surface area (Å²) in [5.74, 6) is 1.47. The first-order chi connectivity index (χ1) is 14.0. The van der Waals surface area contributed by atoms with Crippen LogP contribution < -0.4 is 15.4 Å². The average molecular weight is 387 g/mol. The van der Waals surface area contributed by atoms with E-state index in [1.54, 1.807) is 17.8 Å². The van der Waals surface area contributed by atoms with Crippen LogP contribution in [0.5, 0.6) is 5.75 Å². The summed E-state index contributed by atoms with van der Waals surface area (Å²) >= 11 is 0. The van der Waals surface area contributed by atoms with Crippen molar-refractivity contribution < 1.29 is 9.53 Å². The van der Waals surface area contributed by atoms with E-state index in [0.717, 1.165) is 45.4 Å². The van der Waals surface area contributed by atoms with Crippen LogP contribution in [0, 0.1) is 6.92 Å². The SMILES string of the molecule is COc1ccccc1-c1cnn2c(Nc3ccc(NC(C)=O)cc3)cc(C)nc12. The lowest BCUT2D eigenvalue weighted by molar-refractivity contribution is -0.114. The standard InChI is InChI=1S/C22H21N5O2/c1-14-12-21(26-17-10-8-16(9-11-17)25-15(2)28)27-22(24-14)19(13-23-27)18-6-4-5-7-20(18)29-3/h4-13,26H,1-3H3,(H,25,28). The van der Waals surface area contributed by atoms with E-state index in [2.05, 4.69) is 15.7 Å². The maximum absolute atomic E-state index is 11.2. The van der Waals surface area contributed by atoms with Gasteiger partial charge in [-0.15, -0.1) is 0 Å². The van der Waals surface area contributed by atoms with Gasteiger partial charge in [0.15, 0.2) is 5.65 Å². The summed E-state index contributed by atoms with van der Waals surface area (Å²) in [6.45, 7) is 3.43. The molecule has 0 unspecified atom stereocenters. The predicted molar refractivity (Wildman–Crippen MR) is 114 cm³/mol. The number of benzene rings is 2. The van der Waals surface area contributed by atoms with Crippen LogP contribution in [0.25, 0.3) is 16.8 Å². The first kappa shape index (κ1) is 18.5. The monoisotopic (exact) mass is 387 g/mol. The minimum absolute atomic E-state index is 0.0995. The van der Waals surface area contributed by atoms with E-state index < -0.39 is 0 Å². The van der Waals surface area contributed by atoms with Gasteiger partial charge >= 0.3 is 0 Å². The molecule has 4 rings (SSSR count). The molecule has 0 atom stereocenters. The van der Waals surface area contributed by atoms with Crippen LogP contribution >= 0.6 is 0 Å². The zero-order chi connectivity index (χ0) is 20.4. The number of carbonyl (C=O) groups is 1. The molecule has 7 heteroatoms. The lowest BCUT2D eigenvalue weighted by Crippen LogP contribution is -2.06. The van der Waals surface area contributed by atoms with Crippen LogP contribution in [-0.4, -0.2) is 27.6 Å². The van der Waals surface area contributed by atoms with E-state index in [1.165, 1.54) is 6.92 Å². The molecule has 2 aromatic heterocycles. The highest BCUT2D eigenvalue weighted by Gasteiger charge is 2.15. The van der Waals surface area contributed by atoms with E-state index in [-0.39, 0.29) is 5.91 Å². The molecule has 0 aliphatic rings. The highest BCUT2D eigenvalue weighted by molar-refractivity contribution is 5.89. The quantitative estimate of drug-likeness (QED) is 0.530. The Morgan fingerprint density at radius 2 is 1.76 bits per heavy atom. The molecule has 2 heterocycles. The number of rotatable bonds is 5. The lowest BCUT2D eigenvalue weighted by atomic mass is 10.1. The Morgan fingerprint density at radius 1 is 1.03 bits per heavy atom. The van der Waals surface area contributed by atoms with Crippen LogP contribution in [0.2, 0.25) is 0 Å². The van der Waals surface area contributed by atoms with Gasteiger partial charge in [0.05, 0.1) is 18.9 Å². The Hall–Kier alpha value is -3.87. The first-order valence-electron chi connectivity index (χ1n) is 9.18. The summed E-state index contributed by atoms with van der Waals surface area (Å²) in [5.41, 5.74) is 5.07. The highest BCUT2D eigenvalue weighted by atomic mass is 16.5. The van der Waals surface area contributed by atoms with Crippen molar-refractivity contribution in [3.63, 3.8) is 0 Å². The Balaban J connectivity index is 1.73. The van der Waals surface area contributed by atoms with Crippen LogP contribution in [0.3, 0.4) is 0 Å². The van der Waals surface area contributed by atoms with Crippen LogP contribution in [0.4, 0.5) is 17.2 Å². The number of hydrogen-bond donors (Lipinski definition) is 2. The normalized spacial score (nSPS) is 10.7. The number of nitrogens with zero attached hydrogens (tertiary/aromatic N) is 3. The van der Waals surface area contributed by atoms with Gasteiger partial charge in [0.25, 0.3) is 0 Å². The maximum atomic E-state index is 11.2. The zero-order valence-electron chi connectivity index (χ0n) is 16.4. The van der Waals surface area contributed by atoms with Crippen molar-refractivity contribution in [2.45, 2.75) is 13.8 Å². The van der Waals surface area contributed by atoms with Gasteiger partial charge in [0.2, 0.25) is 5.91 Å². The zero-order valence-corrected chi connectivity index (χ0v) is 16.4. The number of carbonyl (C=O) groups excluding carboxylic acids is 1. The number of amides is 1. The highest BCUT2D eigenvalue weighted by Crippen LogP contribution is 2.33. The number of anilines is 3. The van der Waals surface area contributed by atoms with Crippen LogP contribution in [0.15, 0.2) is 60.8 Å². The molecule has 2 N–H and O–H groups in total. The third kappa shape index (κ3) is 3.75. The molecule has 1 amide bonds. The summed E-state index contributed by atoms with van der Waals surface area (Å²) in [7, 11) is 1.65. The number of aryl methyl sites for hydroxylation is 1. The van der Waals surface area contributed by atoms with E-state index in [9.17, 15) is 4.79 Å². The van der Waals surface area contributed by atoms with Gasteiger partial charge in [-0.05, 0) is 37.3 Å². The van der Waals surface area contributed by atoms with Gasteiger partial charge in [-0.1, -0.05) is 18.2 Å². The first-order valence-corrected chi connectivity index (χ1v) is 9.18. The van der Waals surface area contributed by atoms with E-state index in [1.807, 2.05) is 61.5 Å². The van der Waals surface area contributed by atoms with Crippen molar-refractivity contribution in [2.75, 3.05) is 17.7 Å². The van der Waals surface area contributed by atoms with Crippen LogP contribution in [-0.2, 0) is 4.79 Å². The number of nitrogens with one attached hydrogen (secondary N) is 2.